The van der Waals surface area contributed by atoms with Gasteiger partial charge in [0.05, 0.1) is 11.6 Å². The summed E-state index contributed by atoms with van der Waals surface area (Å²) in [6, 6.07) is 16.2. The Labute approximate surface area is 179 Å². The van der Waals surface area contributed by atoms with Crippen LogP contribution in [0.3, 0.4) is 0 Å². The third-order valence-electron chi connectivity index (χ3n) is 4.77. The van der Waals surface area contributed by atoms with Crippen molar-refractivity contribution in [1.82, 2.24) is 9.80 Å². The maximum Gasteiger partial charge on any atom is 0.290 e. The maximum absolute atomic E-state index is 13.0. The highest BCUT2D eigenvalue weighted by Gasteiger charge is 2.42. The number of amides is 1. The molecule has 0 bridgehead atoms. The number of carbonyl (C=O) groups excluding carboxylic acids is 2. The van der Waals surface area contributed by atoms with Crippen LogP contribution in [0.2, 0.25) is 0 Å². The van der Waals surface area contributed by atoms with Gasteiger partial charge in [-0.2, -0.15) is 0 Å². The number of halogens is 1. The zero-order chi connectivity index (χ0) is 21.0. The number of allylic oxidation sites excluding steroid dienone is 1. The van der Waals surface area contributed by atoms with E-state index in [1.807, 2.05) is 73.6 Å². The van der Waals surface area contributed by atoms with E-state index in [1.165, 1.54) is 6.08 Å². The van der Waals surface area contributed by atoms with E-state index in [1.54, 1.807) is 11.0 Å². The Morgan fingerprint density at radius 1 is 1.14 bits per heavy atom. The van der Waals surface area contributed by atoms with Gasteiger partial charge in [-0.15, -0.1) is 0 Å². The molecule has 6 heteroatoms. The molecule has 1 aliphatic rings. The number of likely N-dealkylation sites (N-methyl/N-ethyl adjacent to an activating group) is 1. The van der Waals surface area contributed by atoms with Crippen LogP contribution in [0.4, 0.5) is 0 Å². The fraction of sp³-hybridized carbons (Fsp3) is 0.217. The van der Waals surface area contributed by atoms with Gasteiger partial charge in [0.1, 0.15) is 0 Å². The van der Waals surface area contributed by atoms with Crippen molar-refractivity contribution in [3.05, 3.63) is 87.6 Å². The molecule has 0 fully saturated rings. The van der Waals surface area contributed by atoms with E-state index in [0.29, 0.717) is 13.1 Å². The number of benzene rings is 2. The minimum atomic E-state index is -0.622. The number of aliphatic hydroxyl groups is 1. The maximum atomic E-state index is 13.0. The average Bonchev–Trinajstić information content (AvgIpc) is 2.96. The first-order valence-electron chi connectivity index (χ1n) is 9.30. The second kappa shape index (κ2) is 9.20. The zero-order valence-corrected chi connectivity index (χ0v) is 18.0. The predicted molar refractivity (Wildman–Crippen MR) is 117 cm³/mol. The second-order valence-electron chi connectivity index (χ2n) is 7.13. The molecule has 150 valence electrons. The zero-order valence-electron chi connectivity index (χ0n) is 16.4. The van der Waals surface area contributed by atoms with Crippen molar-refractivity contribution in [3.8, 4) is 0 Å². The van der Waals surface area contributed by atoms with Gasteiger partial charge in [0.15, 0.2) is 11.5 Å². The molecule has 3 rings (SSSR count). The van der Waals surface area contributed by atoms with Crippen molar-refractivity contribution in [1.29, 1.82) is 0 Å². The van der Waals surface area contributed by atoms with Crippen LogP contribution >= 0.6 is 15.9 Å². The number of hydrogen-bond acceptors (Lipinski definition) is 4. The Bertz CT molecular complexity index is 950. The normalized spacial score (nSPS) is 17.0. The summed E-state index contributed by atoms with van der Waals surface area (Å²) >= 11 is 3.41. The second-order valence-corrected chi connectivity index (χ2v) is 8.04. The van der Waals surface area contributed by atoms with Crippen molar-refractivity contribution < 1.29 is 14.7 Å². The molecule has 0 aromatic heterocycles. The van der Waals surface area contributed by atoms with Gasteiger partial charge in [0, 0.05) is 17.6 Å². The molecule has 29 heavy (non-hydrogen) atoms. The fourth-order valence-electron chi connectivity index (χ4n) is 3.26. The van der Waals surface area contributed by atoms with E-state index in [2.05, 4.69) is 15.9 Å². The summed E-state index contributed by atoms with van der Waals surface area (Å²) in [4.78, 5) is 29.3. The lowest BCUT2D eigenvalue weighted by Crippen LogP contribution is -2.36. The lowest BCUT2D eigenvalue weighted by molar-refractivity contribution is -0.129. The van der Waals surface area contributed by atoms with Gasteiger partial charge in [-0.05, 0) is 43.4 Å². The Kier molecular flexibility index (Phi) is 6.67. The summed E-state index contributed by atoms with van der Waals surface area (Å²) in [5, 5.41) is 10.6. The van der Waals surface area contributed by atoms with Crippen LogP contribution in [-0.2, 0) is 9.59 Å². The molecule has 1 unspecified atom stereocenters. The molecular weight excluding hydrogens is 432 g/mol. The Hall–Kier alpha value is -2.70. The van der Waals surface area contributed by atoms with Crippen LogP contribution in [0, 0.1) is 0 Å². The summed E-state index contributed by atoms with van der Waals surface area (Å²) < 4.78 is 0.899. The first-order valence-corrected chi connectivity index (χ1v) is 10.1. The molecule has 1 heterocycles. The van der Waals surface area contributed by atoms with Gasteiger partial charge >= 0.3 is 0 Å². The largest absolute Gasteiger partial charge is 0.503 e. The quantitative estimate of drug-likeness (QED) is 0.642. The van der Waals surface area contributed by atoms with E-state index in [4.69, 9.17) is 0 Å². The smallest absolute Gasteiger partial charge is 0.290 e. The summed E-state index contributed by atoms with van der Waals surface area (Å²) in [6.07, 6.45) is 3.10. The monoisotopic (exact) mass is 454 g/mol. The van der Waals surface area contributed by atoms with Gasteiger partial charge in [-0.3, -0.25) is 9.59 Å². The molecule has 1 atom stereocenters. The number of rotatable bonds is 7. The first kappa shape index (κ1) is 21.0. The number of aliphatic hydroxyl groups excluding tert-OH is 1. The molecule has 0 aliphatic carbocycles. The van der Waals surface area contributed by atoms with Crippen LogP contribution in [0.5, 0.6) is 0 Å². The summed E-state index contributed by atoms with van der Waals surface area (Å²) in [5.74, 6) is -1.37. The number of nitrogens with zero attached hydrogens (tertiary/aromatic N) is 2. The van der Waals surface area contributed by atoms with E-state index in [0.717, 1.165) is 15.6 Å². The van der Waals surface area contributed by atoms with Gasteiger partial charge in [0.2, 0.25) is 0 Å². The number of carbonyl (C=O) groups is 2. The highest BCUT2D eigenvalue weighted by atomic mass is 79.9. The molecular formula is C23H23BrN2O3. The lowest BCUT2D eigenvalue weighted by Gasteiger charge is -2.27. The Balaban J connectivity index is 1.97. The lowest BCUT2D eigenvalue weighted by atomic mass is 9.95. The van der Waals surface area contributed by atoms with E-state index in [-0.39, 0.29) is 11.4 Å². The minimum Gasteiger partial charge on any atom is -0.503 e. The van der Waals surface area contributed by atoms with Crippen molar-refractivity contribution in [2.75, 3.05) is 27.2 Å². The third kappa shape index (κ3) is 4.83. The standard InChI is InChI=1S/C23H23BrN2O3/c1-25(2)14-15-26-21(17-9-11-18(24)12-10-17)20(22(28)23(26)29)19(27)13-8-16-6-4-3-5-7-16/h3-13,21,28H,14-15H2,1-2H3. The SMILES string of the molecule is CN(C)CCN1C(=O)C(O)=C(C(=O)C=Cc2ccccc2)C1c1ccc(Br)cc1. The first-order chi connectivity index (χ1) is 13.9. The van der Waals surface area contributed by atoms with Gasteiger partial charge < -0.3 is 14.9 Å². The molecule has 0 saturated carbocycles. The Morgan fingerprint density at radius 3 is 2.41 bits per heavy atom. The summed E-state index contributed by atoms with van der Waals surface area (Å²) in [7, 11) is 3.83. The predicted octanol–water partition coefficient (Wildman–Crippen LogP) is 3.99. The molecule has 5 nitrogen and oxygen atoms in total. The van der Waals surface area contributed by atoms with Crippen molar-refractivity contribution in [3.63, 3.8) is 0 Å². The van der Waals surface area contributed by atoms with Crippen molar-refractivity contribution in [2.45, 2.75) is 6.04 Å². The Morgan fingerprint density at radius 2 is 1.79 bits per heavy atom. The van der Waals surface area contributed by atoms with Crippen LogP contribution < -0.4 is 0 Å². The topological polar surface area (TPSA) is 60.9 Å². The average molecular weight is 455 g/mol. The van der Waals surface area contributed by atoms with Crippen LogP contribution in [0.25, 0.3) is 6.08 Å². The molecule has 2 aromatic carbocycles. The highest BCUT2D eigenvalue weighted by molar-refractivity contribution is 9.10. The molecule has 0 spiro atoms. The molecule has 1 amide bonds. The minimum absolute atomic E-state index is 0.114. The molecule has 1 aliphatic heterocycles. The fourth-order valence-corrected chi connectivity index (χ4v) is 3.53. The number of ketones is 1. The highest BCUT2D eigenvalue weighted by Crippen LogP contribution is 2.38. The van der Waals surface area contributed by atoms with Crippen molar-refractivity contribution in [2.24, 2.45) is 0 Å². The van der Waals surface area contributed by atoms with E-state index < -0.39 is 17.7 Å². The third-order valence-corrected chi connectivity index (χ3v) is 5.30. The summed E-state index contributed by atoms with van der Waals surface area (Å²) in [6.45, 7) is 1.02. The van der Waals surface area contributed by atoms with E-state index in [9.17, 15) is 14.7 Å². The van der Waals surface area contributed by atoms with Crippen LogP contribution in [-0.4, -0.2) is 53.8 Å². The van der Waals surface area contributed by atoms with Gasteiger partial charge in [0.25, 0.3) is 5.91 Å². The van der Waals surface area contributed by atoms with Gasteiger partial charge in [-0.25, -0.2) is 0 Å². The molecule has 1 N–H and O–H groups in total. The molecule has 2 aromatic rings. The number of hydrogen-bond donors (Lipinski definition) is 1. The van der Waals surface area contributed by atoms with Crippen molar-refractivity contribution >= 4 is 33.7 Å². The van der Waals surface area contributed by atoms with Gasteiger partial charge in [-0.1, -0.05) is 64.5 Å². The summed E-state index contributed by atoms with van der Waals surface area (Å²) in [5.41, 5.74) is 1.76. The van der Waals surface area contributed by atoms with Crippen LogP contribution in [0.1, 0.15) is 17.2 Å². The molecule has 0 saturated heterocycles. The van der Waals surface area contributed by atoms with E-state index >= 15 is 0 Å². The molecule has 0 radical (unpaired) electrons. The van der Waals surface area contributed by atoms with Crippen LogP contribution in [0.15, 0.2) is 76.5 Å².